The van der Waals surface area contributed by atoms with Crippen molar-refractivity contribution in [2.75, 3.05) is 32.0 Å². The van der Waals surface area contributed by atoms with E-state index in [9.17, 15) is 9.59 Å². The van der Waals surface area contributed by atoms with Crippen LogP contribution >= 0.6 is 0 Å². The minimum atomic E-state index is -0.614. The van der Waals surface area contributed by atoms with Crippen LogP contribution in [0.1, 0.15) is 11.1 Å². The van der Waals surface area contributed by atoms with Gasteiger partial charge in [-0.15, -0.1) is 0 Å². The van der Waals surface area contributed by atoms with Crippen molar-refractivity contribution in [2.24, 2.45) is 0 Å². The highest BCUT2D eigenvalue weighted by Crippen LogP contribution is 2.41. The lowest BCUT2D eigenvalue weighted by atomic mass is 10.0. The Labute approximate surface area is 190 Å². The number of benzene rings is 3. The van der Waals surface area contributed by atoms with Crippen molar-refractivity contribution in [1.29, 1.82) is 0 Å². The van der Waals surface area contributed by atoms with Crippen LogP contribution in [0.4, 0.5) is 16.2 Å². The third-order valence-corrected chi connectivity index (χ3v) is 5.04. The molecule has 168 valence electrons. The molecule has 0 saturated heterocycles. The van der Waals surface area contributed by atoms with Gasteiger partial charge < -0.3 is 24.3 Å². The summed E-state index contributed by atoms with van der Waals surface area (Å²) >= 11 is 0. The molecule has 3 aromatic rings. The number of hydrogen-bond donors (Lipinski definition) is 2. The Morgan fingerprint density at radius 1 is 0.848 bits per heavy atom. The molecule has 8 heteroatoms. The second kappa shape index (κ2) is 9.35. The van der Waals surface area contributed by atoms with E-state index in [0.717, 1.165) is 11.1 Å². The first kappa shape index (κ1) is 21.8. The zero-order valence-electron chi connectivity index (χ0n) is 18.3. The number of hydrogen-bond acceptors (Lipinski definition) is 6. The van der Waals surface area contributed by atoms with E-state index >= 15 is 0 Å². The predicted molar refractivity (Wildman–Crippen MR) is 125 cm³/mol. The number of amides is 2. The Morgan fingerprint density at radius 2 is 1.48 bits per heavy atom. The molecule has 0 aliphatic carbocycles. The van der Waals surface area contributed by atoms with Crippen LogP contribution in [0.2, 0.25) is 0 Å². The summed E-state index contributed by atoms with van der Waals surface area (Å²) < 4.78 is 21.1. The first-order chi connectivity index (χ1) is 16.0. The molecule has 0 saturated carbocycles. The summed E-state index contributed by atoms with van der Waals surface area (Å²) in [5, 5.41) is 5.48. The fraction of sp³-hybridized carbons (Fsp3) is 0.120. The highest BCUT2D eigenvalue weighted by atomic mass is 16.6. The minimum Gasteiger partial charge on any atom is -0.497 e. The summed E-state index contributed by atoms with van der Waals surface area (Å²) in [6, 6.07) is 17.2. The molecular formula is C25H22N2O6. The maximum Gasteiger partial charge on any atom is 0.417 e. The Kier molecular flexibility index (Phi) is 6.17. The van der Waals surface area contributed by atoms with Crippen LogP contribution in [0.5, 0.6) is 23.0 Å². The molecule has 8 nitrogen and oxygen atoms in total. The molecule has 2 N–H and O–H groups in total. The molecule has 0 unspecified atom stereocenters. The number of ether oxygens (including phenoxy) is 4. The van der Waals surface area contributed by atoms with E-state index < -0.39 is 6.09 Å². The van der Waals surface area contributed by atoms with Crippen LogP contribution < -0.4 is 29.6 Å². The van der Waals surface area contributed by atoms with Gasteiger partial charge in [0.1, 0.15) is 11.5 Å². The van der Waals surface area contributed by atoms with Crippen molar-refractivity contribution in [3.05, 3.63) is 71.8 Å². The van der Waals surface area contributed by atoms with Gasteiger partial charge in [0, 0.05) is 22.9 Å². The molecule has 1 aliphatic heterocycles. The molecule has 2 amide bonds. The Morgan fingerprint density at radius 3 is 2.12 bits per heavy atom. The molecule has 1 aliphatic rings. The fourth-order valence-electron chi connectivity index (χ4n) is 3.38. The summed E-state index contributed by atoms with van der Waals surface area (Å²) in [6.07, 6.45) is 1.14. The van der Waals surface area contributed by atoms with Crippen molar-refractivity contribution in [2.45, 2.75) is 0 Å². The van der Waals surface area contributed by atoms with Crippen molar-refractivity contribution >= 4 is 35.0 Å². The van der Waals surface area contributed by atoms with E-state index in [0.29, 0.717) is 39.9 Å². The van der Waals surface area contributed by atoms with Gasteiger partial charge in [0.05, 0.1) is 27.0 Å². The molecule has 0 spiro atoms. The van der Waals surface area contributed by atoms with Gasteiger partial charge in [-0.3, -0.25) is 10.1 Å². The number of fused-ring (bicyclic) bond motifs is 1. The summed E-state index contributed by atoms with van der Waals surface area (Å²) in [5.74, 6) is 1.90. The van der Waals surface area contributed by atoms with Crippen molar-refractivity contribution in [3.63, 3.8) is 0 Å². The lowest BCUT2D eigenvalue weighted by Crippen LogP contribution is -2.16. The highest BCUT2D eigenvalue weighted by molar-refractivity contribution is 6.35. The van der Waals surface area contributed by atoms with Gasteiger partial charge in [-0.2, -0.15) is 0 Å². The largest absolute Gasteiger partial charge is 0.497 e. The fourth-order valence-corrected chi connectivity index (χ4v) is 3.38. The standard InChI is InChI=1S/C25H22N2O6/c1-30-17-10-6-16(7-11-17)26-25(29)33-18-8-4-15(5-9-18)12-20-19-13-22(31-2)23(32-3)14-21(19)27-24(20)28/h4-14H,1-3H3,(H,26,29)(H,27,28). The number of nitrogens with one attached hydrogen (secondary N) is 2. The van der Waals surface area contributed by atoms with E-state index in [2.05, 4.69) is 10.6 Å². The van der Waals surface area contributed by atoms with Crippen molar-refractivity contribution in [3.8, 4) is 23.0 Å². The normalized spacial score (nSPS) is 13.2. The Bertz CT molecular complexity index is 1220. The third-order valence-electron chi connectivity index (χ3n) is 5.04. The van der Waals surface area contributed by atoms with Crippen LogP contribution in [0.25, 0.3) is 11.6 Å². The van der Waals surface area contributed by atoms with Crippen molar-refractivity contribution in [1.82, 2.24) is 0 Å². The molecule has 0 fully saturated rings. The van der Waals surface area contributed by atoms with Crippen LogP contribution in [-0.2, 0) is 4.79 Å². The average molecular weight is 446 g/mol. The maximum absolute atomic E-state index is 12.5. The zero-order valence-corrected chi connectivity index (χ0v) is 18.3. The van der Waals surface area contributed by atoms with E-state index in [-0.39, 0.29) is 5.91 Å². The second-order valence-electron chi connectivity index (χ2n) is 7.08. The number of rotatable bonds is 6. The van der Waals surface area contributed by atoms with E-state index in [1.54, 1.807) is 88.1 Å². The van der Waals surface area contributed by atoms with Crippen LogP contribution in [0, 0.1) is 0 Å². The number of carbonyl (C=O) groups is 2. The molecule has 0 aromatic heterocycles. The van der Waals surface area contributed by atoms with Gasteiger partial charge >= 0.3 is 6.09 Å². The maximum atomic E-state index is 12.5. The van der Waals surface area contributed by atoms with Crippen LogP contribution in [-0.4, -0.2) is 33.3 Å². The van der Waals surface area contributed by atoms with Gasteiger partial charge in [0.2, 0.25) is 0 Å². The minimum absolute atomic E-state index is 0.223. The number of methoxy groups -OCH3 is 3. The van der Waals surface area contributed by atoms with Gasteiger partial charge in [-0.1, -0.05) is 12.1 Å². The monoisotopic (exact) mass is 446 g/mol. The number of anilines is 2. The Balaban J connectivity index is 1.47. The zero-order chi connectivity index (χ0) is 23.4. The molecule has 0 atom stereocenters. The number of carbonyl (C=O) groups excluding carboxylic acids is 2. The first-order valence-corrected chi connectivity index (χ1v) is 10.0. The van der Waals surface area contributed by atoms with Crippen LogP contribution in [0.15, 0.2) is 60.7 Å². The topological polar surface area (TPSA) is 95.1 Å². The lowest BCUT2D eigenvalue weighted by Gasteiger charge is -2.09. The molecule has 1 heterocycles. The predicted octanol–water partition coefficient (Wildman–Crippen LogP) is 4.82. The van der Waals surface area contributed by atoms with E-state index in [1.165, 1.54) is 0 Å². The van der Waals surface area contributed by atoms with E-state index in [4.69, 9.17) is 18.9 Å². The summed E-state index contributed by atoms with van der Waals surface area (Å²) in [6.45, 7) is 0. The quantitative estimate of drug-likeness (QED) is 0.528. The average Bonchev–Trinajstić information content (AvgIpc) is 3.13. The molecule has 0 radical (unpaired) electrons. The molecule has 4 rings (SSSR count). The van der Waals surface area contributed by atoms with Gasteiger partial charge in [0.25, 0.3) is 5.91 Å². The van der Waals surface area contributed by atoms with Crippen molar-refractivity contribution < 1.29 is 28.5 Å². The Hall–Kier alpha value is -4.46. The van der Waals surface area contributed by atoms with Gasteiger partial charge in [-0.05, 0) is 54.1 Å². The SMILES string of the molecule is COc1ccc(NC(=O)Oc2ccc(C=C3C(=O)Nc4cc(OC)c(OC)cc43)cc2)cc1. The van der Waals surface area contributed by atoms with Gasteiger partial charge in [0.15, 0.2) is 11.5 Å². The summed E-state index contributed by atoms with van der Waals surface area (Å²) in [7, 11) is 4.65. The summed E-state index contributed by atoms with van der Waals surface area (Å²) in [4.78, 5) is 24.7. The summed E-state index contributed by atoms with van der Waals surface area (Å²) in [5.41, 5.74) is 3.22. The molecule has 0 bridgehead atoms. The van der Waals surface area contributed by atoms with Crippen LogP contribution in [0.3, 0.4) is 0 Å². The molecular weight excluding hydrogens is 424 g/mol. The first-order valence-electron chi connectivity index (χ1n) is 10.0. The molecule has 3 aromatic carbocycles. The molecule has 33 heavy (non-hydrogen) atoms. The second-order valence-corrected chi connectivity index (χ2v) is 7.08. The van der Waals surface area contributed by atoms with E-state index in [1.807, 2.05) is 0 Å². The lowest BCUT2D eigenvalue weighted by molar-refractivity contribution is -0.110. The highest BCUT2D eigenvalue weighted by Gasteiger charge is 2.26. The smallest absolute Gasteiger partial charge is 0.417 e. The van der Waals surface area contributed by atoms with Gasteiger partial charge in [-0.25, -0.2) is 4.79 Å². The third kappa shape index (κ3) is 4.74.